The predicted molar refractivity (Wildman–Crippen MR) is 92.4 cm³/mol. The van der Waals surface area contributed by atoms with Crippen molar-refractivity contribution in [3.8, 4) is 0 Å². The third kappa shape index (κ3) is 3.74. The Morgan fingerprint density at radius 3 is 2.38 bits per heavy atom. The number of hydrogen-bond donors (Lipinski definition) is 1. The number of piperazine rings is 1. The Bertz CT molecular complexity index is 679. The van der Waals surface area contributed by atoms with Gasteiger partial charge in [-0.1, -0.05) is 11.6 Å². The Morgan fingerprint density at radius 1 is 1.12 bits per heavy atom. The summed E-state index contributed by atoms with van der Waals surface area (Å²) in [6.45, 7) is 3.25. The van der Waals surface area contributed by atoms with Gasteiger partial charge in [-0.15, -0.1) is 0 Å². The largest absolute Gasteiger partial charge is 0.340 e. The summed E-state index contributed by atoms with van der Waals surface area (Å²) in [7, 11) is -3.53. The molecule has 0 bridgehead atoms. The molecule has 2 aliphatic heterocycles. The zero-order valence-electron chi connectivity index (χ0n) is 13.4. The fraction of sp³-hybridized carbons (Fsp3) is 0.562. The average Bonchev–Trinajstić information content (AvgIpc) is 2.62. The number of carbonyl (C=O) groups excluding carboxylic acids is 1. The maximum absolute atomic E-state index is 12.6. The Labute approximate surface area is 147 Å². The summed E-state index contributed by atoms with van der Waals surface area (Å²) in [6.07, 6.45) is 1.93. The first-order chi connectivity index (χ1) is 11.5. The summed E-state index contributed by atoms with van der Waals surface area (Å²) in [6, 6.07) is 6.18. The molecule has 2 aliphatic rings. The number of halogens is 1. The van der Waals surface area contributed by atoms with Gasteiger partial charge in [0.15, 0.2) is 0 Å². The molecule has 1 amide bonds. The van der Waals surface area contributed by atoms with Crippen molar-refractivity contribution in [2.45, 2.75) is 17.7 Å². The zero-order chi connectivity index (χ0) is 17.2. The highest BCUT2D eigenvalue weighted by molar-refractivity contribution is 7.89. The molecule has 1 aromatic carbocycles. The molecule has 0 aliphatic carbocycles. The van der Waals surface area contributed by atoms with E-state index in [0.29, 0.717) is 31.2 Å². The summed E-state index contributed by atoms with van der Waals surface area (Å²) >= 11 is 5.82. The number of hydrogen-bond acceptors (Lipinski definition) is 4. The number of amides is 1. The fourth-order valence-corrected chi connectivity index (χ4v) is 4.77. The number of sulfonamides is 1. The minimum absolute atomic E-state index is 0.0261. The molecule has 8 heteroatoms. The van der Waals surface area contributed by atoms with Crippen LogP contribution in [0.1, 0.15) is 12.8 Å². The van der Waals surface area contributed by atoms with Crippen LogP contribution in [0.15, 0.2) is 29.2 Å². The predicted octanol–water partition coefficient (Wildman–Crippen LogP) is 1.17. The van der Waals surface area contributed by atoms with E-state index in [1.165, 1.54) is 16.4 Å². The van der Waals surface area contributed by atoms with Gasteiger partial charge < -0.3 is 10.2 Å². The van der Waals surface area contributed by atoms with Crippen molar-refractivity contribution in [2.75, 3.05) is 39.3 Å². The van der Waals surface area contributed by atoms with E-state index in [1.807, 2.05) is 0 Å². The van der Waals surface area contributed by atoms with Crippen molar-refractivity contribution >= 4 is 27.5 Å². The molecule has 1 aromatic rings. The second-order valence-electron chi connectivity index (χ2n) is 6.23. The number of benzene rings is 1. The van der Waals surface area contributed by atoms with Crippen molar-refractivity contribution < 1.29 is 13.2 Å². The van der Waals surface area contributed by atoms with Gasteiger partial charge in [0.2, 0.25) is 15.9 Å². The molecule has 0 saturated carbocycles. The Kier molecular flexibility index (Phi) is 5.44. The van der Waals surface area contributed by atoms with Crippen molar-refractivity contribution in [2.24, 2.45) is 5.92 Å². The van der Waals surface area contributed by atoms with Crippen LogP contribution in [0.4, 0.5) is 0 Å². The van der Waals surface area contributed by atoms with E-state index in [4.69, 9.17) is 11.6 Å². The van der Waals surface area contributed by atoms with Gasteiger partial charge >= 0.3 is 0 Å². The van der Waals surface area contributed by atoms with E-state index in [9.17, 15) is 13.2 Å². The first-order valence-corrected chi connectivity index (χ1v) is 10.1. The van der Waals surface area contributed by atoms with E-state index < -0.39 is 10.0 Å². The minimum atomic E-state index is -3.53. The van der Waals surface area contributed by atoms with Gasteiger partial charge in [0, 0.05) is 37.7 Å². The molecule has 0 spiro atoms. The van der Waals surface area contributed by atoms with Crippen LogP contribution in [0.3, 0.4) is 0 Å². The molecule has 24 heavy (non-hydrogen) atoms. The van der Waals surface area contributed by atoms with Crippen molar-refractivity contribution in [1.29, 1.82) is 0 Å². The van der Waals surface area contributed by atoms with Crippen LogP contribution in [0.25, 0.3) is 0 Å². The number of piperidine rings is 1. The van der Waals surface area contributed by atoms with Gasteiger partial charge in [-0.2, -0.15) is 4.31 Å². The summed E-state index contributed by atoms with van der Waals surface area (Å²) < 4.78 is 26.7. The SMILES string of the molecule is O=C(C1CCCNC1)N1CCN(S(=O)(=O)c2ccc(Cl)cc2)CC1. The van der Waals surface area contributed by atoms with Crippen LogP contribution in [0.5, 0.6) is 0 Å². The zero-order valence-corrected chi connectivity index (χ0v) is 15.0. The van der Waals surface area contributed by atoms with E-state index >= 15 is 0 Å². The molecule has 0 aromatic heterocycles. The van der Waals surface area contributed by atoms with Crippen LogP contribution in [0, 0.1) is 5.92 Å². The Hall–Kier alpha value is -1.15. The molecule has 2 heterocycles. The molecule has 1 atom stereocenters. The van der Waals surface area contributed by atoms with Crippen LogP contribution in [0.2, 0.25) is 5.02 Å². The number of nitrogens with zero attached hydrogens (tertiary/aromatic N) is 2. The highest BCUT2D eigenvalue weighted by Gasteiger charge is 2.32. The second-order valence-corrected chi connectivity index (χ2v) is 8.60. The third-order valence-electron chi connectivity index (χ3n) is 4.65. The Balaban J connectivity index is 1.62. The topological polar surface area (TPSA) is 69.7 Å². The standard InChI is InChI=1S/C16H22ClN3O3S/c17-14-3-5-15(6-4-14)24(22,23)20-10-8-19(9-11-20)16(21)13-2-1-7-18-12-13/h3-6,13,18H,1-2,7-12H2. The lowest BCUT2D eigenvalue weighted by molar-refractivity contribution is -0.137. The minimum Gasteiger partial charge on any atom is -0.340 e. The van der Waals surface area contributed by atoms with Gasteiger partial charge in [-0.25, -0.2) is 8.42 Å². The summed E-state index contributed by atoms with van der Waals surface area (Å²) in [5, 5.41) is 3.75. The van der Waals surface area contributed by atoms with Crippen LogP contribution >= 0.6 is 11.6 Å². The first kappa shape index (κ1) is 17.7. The number of carbonyl (C=O) groups is 1. The third-order valence-corrected chi connectivity index (χ3v) is 6.81. The van der Waals surface area contributed by atoms with Crippen LogP contribution in [-0.2, 0) is 14.8 Å². The van der Waals surface area contributed by atoms with Crippen molar-refractivity contribution in [1.82, 2.24) is 14.5 Å². The van der Waals surface area contributed by atoms with Gasteiger partial charge in [-0.3, -0.25) is 4.79 Å². The molecule has 2 saturated heterocycles. The number of nitrogens with one attached hydrogen (secondary N) is 1. The molecule has 0 radical (unpaired) electrons. The monoisotopic (exact) mass is 371 g/mol. The highest BCUT2D eigenvalue weighted by Crippen LogP contribution is 2.21. The summed E-state index contributed by atoms with van der Waals surface area (Å²) in [4.78, 5) is 14.6. The molecule has 1 unspecified atom stereocenters. The lowest BCUT2D eigenvalue weighted by Crippen LogP contribution is -2.53. The highest BCUT2D eigenvalue weighted by atomic mass is 35.5. The smallest absolute Gasteiger partial charge is 0.243 e. The van der Waals surface area contributed by atoms with E-state index in [1.54, 1.807) is 17.0 Å². The van der Waals surface area contributed by atoms with Gasteiger partial charge in [0.25, 0.3) is 0 Å². The maximum atomic E-state index is 12.6. The van der Waals surface area contributed by atoms with Gasteiger partial charge in [0.1, 0.15) is 0 Å². The average molecular weight is 372 g/mol. The summed E-state index contributed by atoms with van der Waals surface area (Å²) in [5.74, 6) is 0.170. The lowest BCUT2D eigenvalue weighted by atomic mass is 9.98. The Morgan fingerprint density at radius 2 is 1.79 bits per heavy atom. The lowest BCUT2D eigenvalue weighted by Gasteiger charge is -2.36. The maximum Gasteiger partial charge on any atom is 0.243 e. The van der Waals surface area contributed by atoms with Gasteiger partial charge in [0.05, 0.1) is 10.8 Å². The van der Waals surface area contributed by atoms with E-state index in [2.05, 4.69) is 5.32 Å². The van der Waals surface area contributed by atoms with Crippen LogP contribution in [-0.4, -0.2) is 62.8 Å². The van der Waals surface area contributed by atoms with Gasteiger partial charge in [-0.05, 0) is 43.7 Å². The molecule has 132 valence electrons. The normalized spacial score (nSPS) is 23.2. The van der Waals surface area contributed by atoms with Crippen molar-refractivity contribution in [3.05, 3.63) is 29.3 Å². The first-order valence-electron chi connectivity index (χ1n) is 8.24. The van der Waals surface area contributed by atoms with E-state index in [-0.39, 0.29) is 16.7 Å². The fourth-order valence-electron chi connectivity index (χ4n) is 3.23. The molecular weight excluding hydrogens is 350 g/mol. The van der Waals surface area contributed by atoms with Crippen molar-refractivity contribution in [3.63, 3.8) is 0 Å². The summed E-state index contributed by atoms with van der Waals surface area (Å²) in [5.41, 5.74) is 0. The quantitative estimate of drug-likeness (QED) is 0.866. The molecule has 2 fully saturated rings. The molecule has 3 rings (SSSR count). The molecule has 1 N–H and O–H groups in total. The second kappa shape index (κ2) is 7.39. The number of rotatable bonds is 3. The van der Waals surface area contributed by atoms with E-state index in [0.717, 1.165) is 25.9 Å². The molecule has 6 nitrogen and oxygen atoms in total. The van der Waals surface area contributed by atoms with Crippen LogP contribution < -0.4 is 5.32 Å². The molecular formula is C16H22ClN3O3S.